The summed E-state index contributed by atoms with van der Waals surface area (Å²) >= 11 is 3.18. The lowest BCUT2D eigenvalue weighted by molar-refractivity contribution is 0.0696. The number of rotatable bonds is 2. The van der Waals surface area contributed by atoms with Crippen LogP contribution in [0.15, 0.2) is 22.7 Å². The molecule has 1 fully saturated rings. The highest BCUT2D eigenvalue weighted by Crippen LogP contribution is 2.29. The number of piperidine rings is 1. The van der Waals surface area contributed by atoms with Crippen molar-refractivity contribution in [3.63, 3.8) is 0 Å². The lowest BCUT2D eigenvalue weighted by atomic mass is 9.84. The number of carbonyl (C=O) groups excluding carboxylic acids is 1. The van der Waals surface area contributed by atoms with Crippen LogP contribution in [0.25, 0.3) is 0 Å². The van der Waals surface area contributed by atoms with Crippen molar-refractivity contribution in [2.75, 3.05) is 18.4 Å². The molecule has 1 aromatic rings. The fraction of sp³-hybridized carbons (Fsp3) is 0.467. The third kappa shape index (κ3) is 3.97. The zero-order valence-corrected chi connectivity index (χ0v) is 13.7. The smallest absolute Gasteiger partial charge is 0.336 e. The topological polar surface area (TPSA) is 69.6 Å². The number of hydrogen-bond donors (Lipinski definition) is 2. The first-order valence-corrected chi connectivity index (χ1v) is 7.67. The van der Waals surface area contributed by atoms with Gasteiger partial charge < -0.3 is 15.3 Å². The number of likely N-dealkylation sites (tertiary alicyclic amines) is 1. The van der Waals surface area contributed by atoms with E-state index >= 15 is 0 Å². The molecule has 2 rings (SSSR count). The first-order chi connectivity index (χ1) is 9.78. The number of anilines is 1. The van der Waals surface area contributed by atoms with Crippen molar-refractivity contribution < 1.29 is 14.7 Å². The van der Waals surface area contributed by atoms with Crippen LogP contribution < -0.4 is 5.32 Å². The Balaban J connectivity index is 2.09. The van der Waals surface area contributed by atoms with Crippen molar-refractivity contribution in [1.29, 1.82) is 0 Å². The highest BCUT2D eigenvalue weighted by molar-refractivity contribution is 9.10. The second kappa shape index (κ2) is 6.05. The molecule has 0 unspecified atom stereocenters. The van der Waals surface area contributed by atoms with E-state index in [0.29, 0.717) is 16.7 Å². The molecule has 1 heterocycles. The number of halogens is 1. The Morgan fingerprint density at radius 2 is 2.10 bits per heavy atom. The van der Waals surface area contributed by atoms with Gasteiger partial charge in [-0.3, -0.25) is 0 Å². The van der Waals surface area contributed by atoms with Crippen LogP contribution in [0.1, 0.15) is 37.0 Å². The van der Waals surface area contributed by atoms with E-state index in [2.05, 4.69) is 35.1 Å². The molecule has 0 atom stereocenters. The number of carboxylic acid groups (broad SMARTS) is 1. The summed E-state index contributed by atoms with van der Waals surface area (Å²) in [6, 6.07) is 4.59. The average Bonchev–Trinajstić information content (AvgIpc) is 2.39. The van der Waals surface area contributed by atoms with Crippen LogP contribution in [0.4, 0.5) is 10.5 Å². The summed E-state index contributed by atoms with van der Waals surface area (Å²) < 4.78 is 0.493. The molecule has 0 aliphatic carbocycles. The predicted molar refractivity (Wildman–Crippen MR) is 84.7 cm³/mol. The van der Waals surface area contributed by atoms with E-state index in [9.17, 15) is 9.59 Å². The molecule has 0 bridgehead atoms. The van der Waals surface area contributed by atoms with Gasteiger partial charge in [-0.25, -0.2) is 9.59 Å². The summed E-state index contributed by atoms with van der Waals surface area (Å²) in [7, 11) is 0. The minimum Gasteiger partial charge on any atom is -0.478 e. The first-order valence-electron chi connectivity index (χ1n) is 6.87. The molecule has 2 N–H and O–H groups in total. The van der Waals surface area contributed by atoms with Crippen LogP contribution in [-0.4, -0.2) is 35.1 Å². The maximum absolute atomic E-state index is 12.3. The maximum Gasteiger partial charge on any atom is 0.336 e. The van der Waals surface area contributed by atoms with Gasteiger partial charge in [-0.05, 0) is 52.4 Å². The van der Waals surface area contributed by atoms with E-state index in [-0.39, 0.29) is 17.0 Å². The van der Waals surface area contributed by atoms with E-state index in [0.717, 1.165) is 19.4 Å². The largest absolute Gasteiger partial charge is 0.478 e. The van der Waals surface area contributed by atoms with Crippen molar-refractivity contribution in [2.24, 2.45) is 5.41 Å². The van der Waals surface area contributed by atoms with Crippen molar-refractivity contribution in [3.8, 4) is 0 Å². The molecule has 0 saturated carbocycles. The molecule has 21 heavy (non-hydrogen) atoms. The Kier molecular flexibility index (Phi) is 4.56. The van der Waals surface area contributed by atoms with E-state index in [4.69, 9.17) is 5.11 Å². The highest BCUT2D eigenvalue weighted by Gasteiger charge is 2.29. The Hall–Kier alpha value is -1.56. The van der Waals surface area contributed by atoms with Crippen molar-refractivity contribution >= 4 is 33.6 Å². The fourth-order valence-electron chi connectivity index (χ4n) is 2.57. The number of benzene rings is 1. The number of hydrogen-bond acceptors (Lipinski definition) is 2. The van der Waals surface area contributed by atoms with Gasteiger partial charge in [0, 0.05) is 23.2 Å². The third-order valence-electron chi connectivity index (χ3n) is 3.64. The number of amides is 2. The fourth-order valence-corrected chi connectivity index (χ4v) is 2.98. The standard InChI is InChI=1S/C15H19BrN2O3/c1-15(2)6-3-7-18(9-15)14(21)17-10-4-5-12(16)11(8-10)13(19)20/h4-5,8H,3,6-7,9H2,1-2H3,(H,17,21)(H,19,20). The number of carbonyl (C=O) groups is 2. The quantitative estimate of drug-likeness (QED) is 0.848. The Morgan fingerprint density at radius 1 is 1.38 bits per heavy atom. The minimum atomic E-state index is -1.03. The highest BCUT2D eigenvalue weighted by atomic mass is 79.9. The van der Waals surface area contributed by atoms with Crippen molar-refractivity contribution in [3.05, 3.63) is 28.2 Å². The lowest BCUT2D eigenvalue weighted by Crippen LogP contribution is -2.45. The molecule has 6 heteroatoms. The summed E-state index contributed by atoms with van der Waals surface area (Å²) in [5.41, 5.74) is 0.748. The average molecular weight is 355 g/mol. The monoisotopic (exact) mass is 354 g/mol. The van der Waals surface area contributed by atoms with E-state index in [1.54, 1.807) is 17.0 Å². The van der Waals surface area contributed by atoms with Gasteiger partial charge >= 0.3 is 12.0 Å². The molecule has 2 amide bonds. The van der Waals surface area contributed by atoms with E-state index in [1.165, 1.54) is 6.07 Å². The van der Waals surface area contributed by atoms with Gasteiger partial charge in [-0.15, -0.1) is 0 Å². The molecule has 0 aromatic heterocycles. The maximum atomic E-state index is 12.3. The Labute approximate surface area is 132 Å². The number of urea groups is 1. The lowest BCUT2D eigenvalue weighted by Gasteiger charge is -2.37. The van der Waals surface area contributed by atoms with Gasteiger partial charge in [0.2, 0.25) is 0 Å². The molecule has 1 aromatic carbocycles. The number of nitrogens with zero attached hydrogens (tertiary/aromatic N) is 1. The van der Waals surface area contributed by atoms with Gasteiger partial charge in [0.25, 0.3) is 0 Å². The predicted octanol–water partition coefficient (Wildman–Crippen LogP) is 3.80. The molecule has 1 saturated heterocycles. The summed E-state index contributed by atoms with van der Waals surface area (Å²) in [4.78, 5) is 25.2. The first kappa shape index (κ1) is 15.8. The summed E-state index contributed by atoms with van der Waals surface area (Å²) in [6.07, 6.45) is 2.10. The van der Waals surface area contributed by atoms with Crippen LogP contribution in [0.2, 0.25) is 0 Å². The van der Waals surface area contributed by atoms with Crippen molar-refractivity contribution in [1.82, 2.24) is 4.90 Å². The van der Waals surface area contributed by atoms with Gasteiger partial charge in [0.05, 0.1) is 5.56 Å². The zero-order chi connectivity index (χ0) is 15.6. The zero-order valence-electron chi connectivity index (χ0n) is 12.1. The van der Waals surface area contributed by atoms with Crippen molar-refractivity contribution in [2.45, 2.75) is 26.7 Å². The summed E-state index contributed by atoms with van der Waals surface area (Å²) in [5, 5.41) is 11.9. The van der Waals surface area contributed by atoms with Gasteiger partial charge in [0.15, 0.2) is 0 Å². The Morgan fingerprint density at radius 3 is 2.71 bits per heavy atom. The van der Waals surface area contributed by atoms with Crippen LogP contribution >= 0.6 is 15.9 Å². The number of carboxylic acids is 1. The normalized spacial score (nSPS) is 17.4. The molecular weight excluding hydrogens is 336 g/mol. The van der Waals surface area contributed by atoms with Crippen LogP contribution in [0.3, 0.4) is 0 Å². The Bertz CT molecular complexity index is 572. The van der Waals surface area contributed by atoms with Gasteiger partial charge in [-0.2, -0.15) is 0 Å². The van der Waals surface area contributed by atoms with Crippen LogP contribution in [0, 0.1) is 5.41 Å². The van der Waals surface area contributed by atoms with Crippen LogP contribution in [-0.2, 0) is 0 Å². The molecule has 0 spiro atoms. The van der Waals surface area contributed by atoms with Gasteiger partial charge in [0.1, 0.15) is 0 Å². The summed E-state index contributed by atoms with van der Waals surface area (Å²) in [5.74, 6) is -1.03. The third-order valence-corrected chi connectivity index (χ3v) is 4.33. The summed E-state index contributed by atoms with van der Waals surface area (Å²) in [6.45, 7) is 5.74. The second-order valence-corrected chi connectivity index (χ2v) is 6.97. The van der Waals surface area contributed by atoms with E-state index in [1.807, 2.05) is 0 Å². The SMILES string of the molecule is CC1(C)CCCN(C(=O)Nc2ccc(Br)c(C(=O)O)c2)C1. The van der Waals surface area contributed by atoms with Gasteiger partial charge in [-0.1, -0.05) is 13.8 Å². The number of nitrogens with one attached hydrogen (secondary N) is 1. The molecule has 5 nitrogen and oxygen atoms in total. The molecule has 1 aliphatic heterocycles. The second-order valence-electron chi connectivity index (χ2n) is 6.12. The van der Waals surface area contributed by atoms with Crippen LogP contribution in [0.5, 0.6) is 0 Å². The molecular formula is C15H19BrN2O3. The molecule has 1 aliphatic rings. The molecule has 114 valence electrons. The van der Waals surface area contributed by atoms with E-state index < -0.39 is 5.97 Å². The minimum absolute atomic E-state index is 0.127. The molecule has 0 radical (unpaired) electrons. The number of aromatic carboxylic acids is 1.